The van der Waals surface area contributed by atoms with Crippen molar-refractivity contribution in [3.05, 3.63) is 29.3 Å². The van der Waals surface area contributed by atoms with Gasteiger partial charge in [0.2, 0.25) is 6.17 Å². The molecular weight excluding hydrogens is 351 g/mol. The van der Waals surface area contributed by atoms with E-state index in [2.05, 4.69) is 5.32 Å². The van der Waals surface area contributed by atoms with Crippen molar-refractivity contribution < 1.29 is 23.5 Å². The SMILES string of the molecule is Cc1ccc(N)cc1C(CNC(=O)OC(C)(C)C)C(F)C(=O)OC(C)(C)C. The smallest absolute Gasteiger partial charge is 0.407 e. The zero-order valence-corrected chi connectivity index (χ0v) is 17.2. The summed E-state index contributed by atoms with van der Waals surface area (Å²) in [5.74, 6) is -1.95. The van der Waals surface area contributed by atoms with Crippen molar-refractivity contribution in [1.29, 1.82) is 0 Å². The number of carbonyl (C=O) groups is 2. The fraction of sp³-hybridized carbons (Fsp3) is 0.600. The lowest BCUT2D eigenvalue weighted by Crippen LogP contribution is -2.40. The molecule has 6 nitrogen and oxygen atoms in total. The minimum atomic E-state index is -1.97. The Bertz CT molecular complexity index is 678. The maximum atomic E-state index is 15.1. The Labute approximate surface area is 160 Å². The second-order valence-corrected chi connectivity index (χ2v) is 8.54. The summed E-state index contributed by atoms with van der Waals surface area (Å²) in [5, 5.41) is 2.53. The van der Waals surface area contributed by atoms with Gasteiger partial charge in [0.15, 0.2) is 0 Å². The summed E-state index contributed by atoms with van der Waals surface area (Å²) in [6.07, 6.45) is -2.66. The summed E-state index contributed by atoms with van der Waals surface area (Å²) in [6.45, 7) is 11.8. The number of alkyl halides is 1. The Hall–Kier alpha value is -2.31. The maximum absolute atomic E-state index is 15.1. The number of halogens is 1. The Morgan fingerprint density at radius 1 is 1.11 bits per heavy atom. The number of ether oxygens (including phenoxy) is 2. The van der Waals surface area contributed by atoms with E-state index in [1.54, 1.807) is 66.7 Å². The van der Waals surface area contributed by atoms with Crippen molar-refractivity contribution in [2.24, 2.45) is 0 Å². The van der Waals surface area contributed by atoms with Crippen LogP contribution in [0, 0.1) is 6.92 Å². The van der Waals surface area contributed by atoms with Crippen molar-refractivity contribution >= 4 is 17.7 Å². The highest BCUT2D eigenvalue weighted by atomic mass is 19.1. The first-order valence-electron chi connectivity index (χ1n) is 8.89. The minimum absolute atomic E-state index is 0.139. The normalized spacial score (nSPS) is 14.2. The number of esters is 1. The largest absolute Gasteiger partial charge is 0.458 e. The molecule has 0 saturated heterocycles. The Morgan fingerprint density at radius 3 is 2.19 bits per heavy atom. The van der Waals surface area contributed by atoms with Crippen LogP contribution in [0.5, 0.6) is 0 Å². The summed E-state index contributed by atoms with van der Waals surface area (Å²) in [4.78, 5) is 24.2. The first-order chi connectivity index (χ1) is 12.2. The molecule has 152 valence electrons. The van der Waals surface area contributed by atoms with Gasteiger partial charge in [-0.25, -0.2) is 14.0 Å². The fourth-order valence-electron chi connectivity index (χ4n) is 2.46. The first kappa shape index (κ1) is 22.7. The summed E-state index contributed by atoms with van der Waals surface area (Å²) in [5.41, 5.74) is 6.05. The van der Waals surface area contributed by atoms with Crippen LogP contribution in [0.15, 0.2) is 18.2 Å². The highest BCUT2D eigenvalue weighted by Gasteiger charge is 2.35. The van der Waals surface area contributed by atoms with E-state index in [0.717, 1.165) is 5.56 Å². The molecule has 0 saturated carbocycles. The number of amides is 1. The molecule has 0 aliphatic heterocycles. The van der Waals surface area contributed by atoms with Crippen LogP contribution in [0.3, 0.4) is 0 Å². The van der Waals surface area contributed by atoms with Gasteiger partial charge in [0.05, 0.1) is 0 Å². The quantitative estimate of drug-likeness (QED) is 0.596. The molecular formula is C20H31FN2O4. The standard InChI is InChI=1S/C20H31FN2O4/c1-12-8-9-13(22)10-14(12)15(11-23-18(25)27-20(5,6)7)16(21)17(24)26-19(2,3)4/h8-10,15-16H,11,22H2,1-7H3,(H,23,25). The Balaban J connectivity index is 3.07. The first-order valence-corrected chi connectivity index (χ1v) is 8.89. The van der Waals surface area contributed by atoms with Crippen LogP contribution >= 0.6 is 0 Å². The van der Waals surface area contributed by atoms with Crippen LogP contribution in [0.4, 0.5) is 14.9 Å². The molecule has 1 rings (SSSR count). The molecule has 0 aliphatic carbocycles. The van der Waals surface area contributed by atoms with Gasteiger partial charge >= 0.3 is 12.1 Å². The second-order valence-electron chi connectivity index (χ2n) is 8.54. The van der Waals surface area contributed by atoms with Gasteiger partial charge in [-0.2, -0.15) is 0 Å². The third kappa shape index (κ3) is 7.85. The predicted molar refractivity (Wildman–Crippen MR) is 103 cm³/mol. The molecule has 0 aliphatic rings. The van der Waals surface area contributed by atoms with Gasteiger partial charge < -0.3 is 20.5 Å². The number of benzene rings is 1. The third-order valence-electron chi connectivity index (χ3n) is 3.55. The summed E-state index contributed by atoms with van der Waals surface area (Å²) >= 11 is 0. The van der Waals surface area contributed by atoms with Gasteiger partial charge in [-0.05, 0) is 71.7 Å². The summed E-state index contributed by atoms with van der Waals surface area (Å²) < 4.78 is 25.4. The van der Waals surface area contributed by atoms with Crippen LogP contribution in [0.25, 0.3) is 0 Å². The molecule has 1 aromatic carbocycles. The van der Waals surface area contributed by atoms with E-state index in [-0.39, 0.29) is 6.54 Å². The molecule has 0 spiro atoms. The number of anilines is 1. The highest BCUT2D eigenvalue weighted by molar-refractivity contribution is 5.77. The van der Waals surface area contributed by atoms with Gasteiger partial charge in [0.1, 0.15) is 11.2 Å². The van der Waals surface area contributed by atoms with Gasteiger partial charge in [-0.15, -0.1) is 0 Å². The average molecular weight is 382 g/mol. The summed E-state index contributed by atoms with van der Waals surface area (Å²) in [7, 11) is 0. The molecule has 2 unspecified atom stereocenters. The van der Waals surface area contributed by atoms with E-state index in [0.29, 0.717) is 11.3 Å². The van der Waals surface area contributed by atoms with Crippen molar-refractivity contribution in [2.45, 2.75) is 71.8 Å². The Kier molecular flexibility index (Phi) is 7.23. The average Bonchev–Trinajstić information content (AvgIpc) is 2.47. The van der Waals surface area contributed by atoms with Gasteiger partial charge in [0, 0.05) is 18.2 Å². The number of rotatable bonds is 5. The second kappa shape index (κ2) is 8.59. The van der Waals surface area contributed by atoms with Crippen LogP contribution in [-0.4, -0.2) is 36.0 Å². The molecule has 0 bridgehead atoms. The number of nitrogen functional groups attached to an aromatic ring is 1. The number of nitrogens with one attached hydrogen (secondary N) is 1. The monoisotopic (exact) mass is 382 g/mol. The van der Waals surface area contributed by atoms with Crippen LogP contribution < -0.4 is 11.1 Å². The van der Waals surface area contributed by atoms with E-state index in [4.69, 9.17) is 15.2 Å². The van der Waals surface area contributed by atoms with E-state index < -0.39 is 35.4 Å². The molecule has 7 heteroatoms. The minimum Gasteiger partial charge on any atom is -0.458 e. The van der Waals surface area contributed by atoms with Crippen molar-refractivity contribution in [3.63, 3.8) is 0 Å². The number of hydrogen-bond donors (Lipinski definition) is 2. The Morgan fingerprint density at radius 2 is 1.67 bits per heavy atom. The van der Waals surface area contributed by atoms with Crippen molar-refractivity contribution in [1.82, 2.24) is 5.32 Å². The van der Waals surface area contributed by atoms with E-state index >= 15 is 4.39 Å². The lowest BCUT2D eigenvalue weighted by molar-refractivity contribution is -0.162. The van der Waals surface area contributed by atoms with Crippen LogP contribution in [0.2, 0.25) is 0 Å². The molecule has 1 amide bonds. The van der Waals surface area contributed by atoms with E-state index in [1.807, 2.05) is 0 Å². The van der Waals surface area contributed by atoms with Gasteiger partial charge in [0.25, 0.3) is 0 Å². The number of hydrogen-bond acceptors (Lipinski definition) is 5. The molecule has 0 fully saturated rings. The van der Waals surface area contributed by atoms with Gasteiger partial charge in [-0.1, -0.05) is 6.07 Å². The fourth-order valence-corrected chi connectivity index (χ4v) is 2.46. The van der Waals surface area contributed by atoms with E-state index in [9.17, 15) is 9.59 Å². The number of aryl methyl sites for hydroxylation is 1. The van der Waals surface area contributed by atoms with Crippen LogP contribution in [0.1, 0.15) is 58.6 Å². The number of alkyl carbamates (subject to hydrolysis) is 1. The zero-order valence-electron chi connectivity index (χ0n) is 17.2. The van der Waals surface area contributed by atoms with Gasteiger partial charge in [-0.3, -0.25) is 0 Å². The zero-order chi connectivity index (χ0) is 21.0. The maximum Gasteiger partial charge on any atom is 0.407 e. The van der Waals surface area contributed by atoms with Crippen LogP contribution in [-0.2, 0) is 14.3 Å². The third-order valence-corrected chi connectivity index (χ3v) is 3.55. The molecule has 0 radical (unpaired) electrons. The molecule has 0 aromatic heterocycles. The molecule has 3 N–H and O–H groups in total. The topological polar surface area (TPSA) is 90.6 Å². The number of carbonyl (C=O) groups excluding carboxylic acids is 2. The molecule has 1 aromatic rings. The molecule has 27 heavy (non-hydrogen) atoms. The highest BCUT2D eigenvalue weighted by Crippen LogP contribution is 2.28. The number of nitrogens with two attached hydrogens (primary N) is 1. The molecule has 2 atom stereocenters. The summed E-state index contributed by atoms with van der Waals surface area (Å²) in [6, 6.07) is 5.04. The lowest BCUT2D eigenvalue weighted by atomic mass is 9.90. The lowest BCUT2D eigenvalue weighted by Gasteiger charge is -2.27. The van der Waals surface area contributed by atoms with Crippen molar-refractivity contribution in [2.75, 3.05) is 12.3 Å². The van der Waals surface area contributed by atoms with E-state index in [1.165, 1.54) is 0 Å². The van der Waals surface area contributed by atoms with Crippen molar-refractivity contribution in [3.8, 4) is 0 Å². The molecule has 0 heterocycles. The predicted octanol–water partition coefficient (Wildman–Crippen LogP) is 3.87.